The number of nitrogens with zero attached hydrogens (tertiary/aromatic N) is 3. The fourth-order valence-electron chi connectivity index (χ4n) is 4.25. The van der Waals surface area contributed by atoms with Crippen LogP contribution in [0.15, 0.2) is 0 Å². The molecule has 0 radical (unpaired) electrons. The number of hydrogen-bond donors (Lipinski definition) is 0. The van der Waals surface area contributed by atoms with Crippen molar-refractivity contribution in [1.82, 2.24) is 14.7 Å². The van der Waals surface area contributed by atoms with Crippen LogP contribution in [0.3, 0.4) is 0 Å². The van der Waals surface area contributed by atoms with E-state index in [0.29, 0.717) is 11.9 Å². The van der Waals surface area contributed by atoms with Crippen LogP contribution >= 0.6 is 0 Å². The van der Waals surface area contributed by atoms with Crippen LogP contribution in [0.1, 0.15) is 51.9 Å². The zero-order valence-electron chi connectivity index (χ0n) is 13.8. The minimum Gasteiger partial charge on any atom is -0.342 e. The van der Waals surface area contributed by atoms with Crippen molar-refractivity contribution in [2.45, 2.75) is 57.9 Å². The van der Waals surface area contributed by atoms with Gasteiger partial charge in [-0.1, -0.05) is 19.8 Å². The highest BCUT2D eigenvalue weighted by molar-refractivity contribution is 5.79. The zero-order valence-corrected chi connectivity index (χ0v) is 13.8. The molecule has 2 saturated heterocycles. The first-order chi connectivity index (χ1) is 10.7. The molecule has 0 aromatic heterocycles. The Kier molecular flexibility index (Phi) is 4.89. The minimum atomic E-state index is 0.211. The Morgan fingerprint density at radius 3 is 2.36 bits per heavy atom. The second-order valence-electron chi connectivity index (χ2n) is 7.00. The van der Waals surface area contributed by atoms with Crippen molar-refractivity contribution in [1.29, 1.82) is 0 Å². The van der Waals surface area contributed by atoms with E-state index in [-0.39, 0.29) is 11.9 Å². The zero-order chi connectivity index (χ0) is 15.5. The monoisotopic (exact) mass is 307 g/mol. The average Bonchev–Trinajstić information content (AvgIpc) is 3.18. The van der Waals surface area contributed by atoms with Crippen LogP contribution < -0.4 is 0 Å². The molecular formula is C17H29N3O2. The molecule has 124 valence electrons. The number of amides is 3. The summed E-state index contributed by atoms with van der Waals surface area (Å²) >= 11 is 0. The van der Waals surface area contributed by atoms with Gasteiger partial charge >= 0.3 is 6.03 Å². The molecule has 0 aromatic rings. The summed E-state index contributed by atoms with van der Waals surface area (Å²) in [6.45, 7) is 6.38. The predicted octanol–water partition coefficient (Wildman–Crippen LogP) is 2.32. The third kappa shape index (κ3) is 3.08. The van der Waals surface area contributed by atoms with E-state index in [4.69, 9.17) is 0 Å². The molecule has 0 unspecified atom stereocenters. The summed E-state index contributed by atoms with van der Waals surface area (Å²) in [5, 5.41) is 0. The summed E-state index contributed by atoms with van der Waals surface area (Å²) in [5.74, 6) is 0.654. The van der Waals surface area contributed by atoms with E-state index in [9.17, 15) is 9.59 Å². The smallest absolute Gasteiger partial charge is 0.320 e. The highest BCUT2D eigenvalue weighted by Gasteiger charge is 2.36. The number of carbonyl (C=O) groups excluding carboxylic acids is 2. The lowest BCUT2D eigenvalue weighted by Crippen LogP contribution is -2.49. The summed E-state index contributed by atoms with van der Waals surface area (Å²) in [6, 6.07) is 0.546. The summed E-state index contributed by atoms with van der Waals surface area (Å²) in [6.07, 6.45) is 7.50. The van der Waals surface area contributed by atoms with Crippen LogP contribution in [0.2, 0.25) is 0 Å². The predicted molar refractivity (Wildman–Crippen MR) is 85.5 cm³/mol. The number of urea groups is 1. The highest BCUT2D eigenvalue weighted by atomic mass is 16.2. The standard InChI is InChI=1S/C17H29N3O2/c1-2-9-19-12-13-20(17(19)22)15-7-10-18(11-8-15)16(21)14-5-3-4-6-14/h14-15H,2-13H2,1H3. The first kappa shape index (κ1) is 15.6. The molecule has 0 spiro atoms. The Hall–Kier alpha value is -1.26. The van der Waals surface area contributed by atoms with Crippen molar-refractivity contribution >= 4 is 11.9 Å². The lowest BCUT2D eigenvalue weighted by molar-refractivity contribution is -0.136. The number of piperidine rings is 1. The molecule has 2 heterocycles. The second-order valence-corrected chi connectivity index (χ2v) is 7.00. The molecule has 0 aromatic carbocycles. The molecule has 5 heteroatoms. The number of rotatable bonds is 4. The lowest BCUT2D eigenvalue weighted by Gasteiger charge is -2.37. The molecule has 1 saturated carbocycles. The van der Waals surface area contributed by atoms with Gasteiger partial charge < -0.3 is 14.7 Å². The fourth-order valence-corrected chi connectivity index (χ4v) is 4.25. The first-order valence-electron chi connectivity index (χ1n) is 9.05. The van der Waals surface area contributed by atoms with Crippen LogP contribution in [-0.2, 0) is 4.79 Å². The van der Waals surface area contributed by atoms with Crippen LogP contribution in [0.25, 0.3) is 0 Å². The molecule has 0 atom stereocenters. The number of carbonyl (C=O) groups is 2. The van der Waals surface area contributed by atoms with E-state index in [0.717, 1.165) is 64.8 Å². The molecule has 0 N–H and O–H groups in total. The number of likely N-dealkylation sites (tertiary alicyclic amines) is 1. The number of hydrogen-bond acceptors (Lipinski definition) is 2. The summed E-state index contributed by atoms with van der Waals surface area (Å²) in [5.41, 5.74) is 0. The van der Waals surface area contributed by atoms with Gasteiger partial charge in [0.15, 0.2) is 0 Å². The molecule has 3 aliphatic rings. The SMILES string of the molecule is CCCN1CCN(C2CCN(C(=O)C3CCCC3)CC2)C1=O. The third-order valence-electron chi connectivity index (χ3n) is 5.54. The van der Waals surface area contributed by atoms with Crippen LogP contribution in [-0.4, -0.2) is 65.4 Å². The topological polar surface area (TPSA) is 43.9 Å². The highest BCUT2D eigenvalue weighted by Crippen LogP contribution is 2.28. The van der Waals surface area contributed by atoms with Gasteiger partial charge in [-0.05, 0) is 32.1 Å². The van der Waals surface area contributed by atoms with Crippen LogP contribution in [0, 0.1) is 5.92 Å². The molecule has 5 nitrogen and oxygen atoms in total. The van der Waals surface area contributed by atoms with Crippen molar-refractivity contribution in [3.05, 3.63) is 0 Å². The Morgan fingerprint density at radius 2 is 1.73 bits per heavy atom. The van der Waals surface area contributed by atoms with Gasteiger partial charge in [0, 0.05) is 44.7 Å². The molecule has 22 heavy (non-hydrogen) atoms. The normalized spacial score (nSPS) is 24.6. The quantitative estimate of drug-likeness (QED) is 0.800. The lowest BCUT2D eigenvalue weighted by atomic mass is 10.0. The summed E-state index contributed by atoms with van der Waals surface area (Å²) < 4.78 is 0. The summed E-state index contributed by atoms with van der Waals surface area (Å²) in [4.78, 5) is 30.9. The molecule has 3 rings (SSSR count). The van der Waals surface area contributed by atoms with E-state index >= 15 is 0 Å². The van der Waals surface area contributed by atoms with Gasteiger partial charge in [0.05, 0.1) is 0 Å². The Balaban J connectivity index is 1.49. The average molecular weight is 307 g/mol. The molecule has 3 fully saturated rings. The van der Waals surface area contributed by atoms with Crippen molar-refractivity contribution in [3.8, 4) is 0 Å². The van der Waals surface area contributed by atoms with Crippen molar-refractivity contribution in [2.75, 3.05) is 32.7 Å². The maximum atomic E-state index is 12.5. The van der Waals surface area contributed by atoms with E-state index in [1.54, 1.807) is 0 Å². The van der Waals surface area contributed by atoms with Crippen LogP contribution in [0.5, 0.6) is 0 Å². The van der Waals surface area contributed by atoms with E-state index in [1.807, 2.05) is 9.80 Å². The van der Waals surface area contributed by atoms with Gasteiger partial charge in [0.1, 0.15) is 0 Å². The molecule has 1 aliphatic carbocycles. The van der Waals surface area contributed by atoms with Gasteiger partial charge in [-0.2, -0.15) is 0 Å². The van der Waals surface area contributed by atoms with E-state index < -0.39 is 0 Å². The molecule has 3 amide bonds. The Bertz CT molecular complexity index is 412. The third-order valence-corrected chi connectivity index (χ3v) is 5.54. The fraction of sp³-hybridized carbons (Fsp3) is 0.882. The summed E-state index contributed by atoms with van der Waals surface area (Å²) in [7, 11) is 0. The van der Waals surface area contributed by atoms with E-state index in [1.165, 1.54) is 12.8 Å². The van der Waals surface area contributed by atoms with Gasteiger partial charge in [0.25, 0.3) is 0 Å². The van der Waals surface area contributed by atoms with Crippen molar-refractivity contribution in [3.63, 3.8) is 0 Å². The van der Waals surface area contributed by atoms with Gasteiger partial charge in [-0.25, -0.2) is 4.79 Å². The van der Waals surface area contributed by atoms with Gasteiger partial charge in [0.2, 0.25) is 5.91 Å². The van der Waals surface area contributed by atoms with Crippen molar-refractivity contribution < 1.29 is 9.59 Å². The molecule has 0 bridgehead atoms. The molecule has 2 aliphatic heterocycles. The van der Waals surface area contributed by atoms with Gasteiger partial charge in [-0.15, -0.1) is 0 Å². The Morgan fingerprint density at radius 1 is 1.05 bits per heavy atom. The second kappa shape index (κ2) is 6.88. The maximum Gasteiger partial charge on any atom is 0.320 e. The minimum absolute atomic E-state index is 0.211. The van der Waals surface area contributed by atoms with Gasteiger partial charge in [-0.3, -0.25) is 4.79 Å². The first-order valence-corrected chi connectivity index (χ1v) is 9.05. The van der Waals surface area contributed by atoms with E-state index in [2.05, 4.69) is 11.8 Å². The Labute approximate surface area is 133 Å². The molecular weight excluding hydrogens is 278 g/mol. The van der Waals surface area contributed by atoms with Crippen LogP contribution in [0.4, 0.5) is 4.79 Å². The van der Waals surface area contributed by atoms with Crippen molar-refractivity contribution in [2.24, 2.45) is 5.92 Å². The maximum absolute atomic E-state index is 12.5. The largest absolute Gasteiger partial charge is 0.342 e.